The second kappa shape index (κ2) is 6.19. The highest BCUT2D eigenvalue weighted by molar-refractivity contribution is 5.97. The van der Waals surface area contributed by atoms with Crippen LogP contribution in [-0.4, -0.2) is 65.3 Å². The van der Waals surface area contributed by atoms with Gasteiger partial charge in [0.15, 0.2) is 5.65 Å². The first-order chi connectivity index (χ1) is 10.2. The van der Waals surface area contributed by atoms with Crippen LogP contribution in [0.25, 0.3) is 11.0 Å². The molecule has 3 rings (SSSR count). The number of nitrogens with zero attached hydrogens (tertiary/aromatic N) is 3. The van der Waals surface area contributed by atoms with Crippen molar-refractivity contribution in [1.29, 1.82) is 0 Å². The van der Waals surface area contributed by atoms with Gasteiger partial charge >= 0.3 is 0 Å². The van der Waals surface area contributed by atoms with Gasteiger partial charge in [0, 0.05) is 56.5 Å². The fraction of sp³-hybridized carbons (Fsp3) is 0.500. The first-order valence-corrected chi connectivity index (χ1v) is 7.26. The monoisotopic (exact) mass is 288 g/mol. The van der Waals surface area contributed by atoms with Crippen molar-refractivity contribution < 1.29 is 4.79 Å². The molecule has 7 heteroatoms. The topological polar surface area (TPSA) is 85.9 Å². The van der Waals surface area contributed by atoms with Gasteiger partial charge in [0.05, 0.1) is 5.56 Å². The Hall–Kier alpha value is -1.99. The second-order valence-corrected chi connectivity index (χ2v) is 5.29. The van der Waals surface area contributed by atoms with Gasteiger partial charge in [-0.05, 0) is 13.0 Å². The van der Waals surface area contributed by atoms with E-state index in [2.05, 4.69) is 30.7 Å². The van der Waals surface area contributed by atoms with Gasteiger partial charge < -0.3 is 10.6 Å². The summed E-state index contributed by atoms with van der Waals surface area (Å²) in [4.78, 5) is 18.7. The summed E-state index contributed by atoms with van der Waals surface area (Å²) in [6.45, 7) is 7.58. The number of carbonyl (C=O) groups excluding carboxylic acids is 1. The van der Waals surface area contributed by atoms with Crippen molar-refractivity contribution in [1.82, 2.24) is 30.7 Å². The molecule has 1 aliphatic heterocycles. The number of hydrogen-bond donors (Lipinski definition) is 3. The number of H-pyrrole nitrogens is 1. The van der Waals surface area contributed by atoms with E-state index in [9.17, 15) is 4.79 Å². The number of hydrogen-bond acceptors (Lipinski definition) is 5. The van der Waals surface area contributed by atoms with Gasteiger partial charge in [-0.2, -0.15) is 5.10 Å². The number of rotatable bonds is 4. The molecule has 1 fully saturated rings. The van der Waals surface area contributed by atoms with Gasteiger partial charge in [0.25, 0.3) is 5.91 Å². The molecular weight excluding hydrogens is 268 g/mol. The maximum absolute atomic E-state index is 12.2. The third-order valence-electron chi connectivity index (χ3n) is 3.79. The van der Waals surface area contributed by atoms with Crippen LogP contribution in [0.5, 0.6) is 0 Å². The number of carbonyl (C=O) groups is 1. The van der Waals surface area contributed by atoms with E-state index < -0.39 is 0 Å². The molecule has 112 valence electrons. The van der Waals surface area contributed by atoms with Crippen LogP contribution in [-0.2, 0) is 0 Å². The number of nitrogens with one attached hydrogen (secondary N) is 3. The van der Waals surface area contributed by atoms with Crippen molar-refractivity contribution in [2.24, 2.45) is 0 Å². The third-order valence-corrected chi connectivity index (χ3v) is 3.79. The Morgan fingerprint density at radius 1 is 1.43 bits per heavy atom. The average molecular weight is 288 g/mol. The van der Waals surface area contributed by atoms with Gasteiger partial charge in [-0.15, -0.1) is 0 Å². The first kappa shape index (κ1) is 14.0. The van der Waals surface area contributed by atoms with Crippen LogP contribution in [0.4, 0.5) is 0 Å². The van der Waals surface area contributed by atoms with Gasteiger partial charge in [0.2, 0.25) is 0 Å². The quantitative estimate of drug-likeness (QED) is 0.731. The van der Waals surface area contributed by atoms with Crippen LogP contribution >= 0.6 is 0 Å². The number of pyridine rings is 1. The summed E-state index contributed by atoms with van der Waals surface area (Å²) >= 11 is 0. The third kappa shape index (κ3) is 3.20. The molecule has 1 saturated heterocycles. The number of aryl methyl sites for hydroxylation is 1. The number of aromatic amines is 1. The lowest BCUT2D eigenvalue weighted by Gasteiger charge is -2.27. The van der Waals surface area contributed by atoms with Crippen molar-refractivity contribution in [3.8, 4) is 0 Å². The number of amides is 1. The zero-order valence-electron chi connectivity index (χ0n) is 12.1. The molecule has 1 aliphatic rings. The molecule has 7 nitrogen and oxygen atoms in total. The summed E-state index contributed by atoms with van der Waals surface area (Å²) in [6.07, 6.45) is 1.57. The normalized spacial score (nSPS) is 16.2. The highest BCUT2D eigenvalue weighted by atomic mass is 16.1. The Morgan fingerprint density at radius 2 is 2.24 bits per heavy atom. The Morgan fingerprint density at radius 3 is 3.05 bits per heavy atom. The zero-order valence-corrected chi connectivity index (χ0v) is 12.1. The Labute approximate surface area is 123 Å². The molecule has 0 bridgehead atoms. The summed E-state index contributed by atoms with van der Waals surface area (Å²) in [5.74, 6) is -0.0832. The van der Waals surface area contributed by atoms with Crippen molar-refractivity contribution in [3.63, 3.8) is 0 Å². The summed E-state index contributed by atoms with van der Waals surface area (Å²) in [5, 5.41) is 14.1. The molecular formula is C14H20N6O. The molecule has 3 N–H and O–H groups in total. The number of fused-ring (bicyclic) bond motifs is 1. The fourth-order valence-electron chi connectivity index (χ4n) is 2.51. The van der Waals surface area contributed by atoms with Crippen molar-refractivity contribution in [3.05, 3.63) is 23.5 Å². The molecule has 0 saturated carbocycles. The minimum Gasteiger partial charge on any atom is -0.351 e. The molecule has 0 aromatic carbocycles. The lowest BCUT2D eigenvalue weighted by atomic mass is 10.2. The predicted octanol–water partition coefficient (Wildman–Crippen LogP) is -0.0987. The van der Waals surface area contributed by atoms with E-state index in [0.29, 0.717) is 17.8 Å². The lowest BCUT2D eigenvalue weighted by molar-refractivity contribution is 0.0947. The predicted molar refractivity (Wildman–Crippen MR) is 80.3 cm³/mol. The molecule has 0 radical (unpaired) electrons. The van der Waals surface area contributed by atoms with Crippen LogP contribution in [0.1, 0.15) is 16.1 Å². The minimum absolute atomic E-state index is 0.0832. The van der Waals surface area contributed by atoms with Crippen molar-refractivity contribution >= 4 is 16.9 Å². The number of piperazine rings is 1. The minimum atomic E-state index is -0.0832. The first-order valence-electron chi connectivity index (χ1n) is 7.26. The molecule has 3 heterocycles. The van der Waals surface area contributed by atoms with E-state index >= 15 is 0 Å². The largest absolute Gasteiger partial charge is 0.351 e. The molecule has 0 atom stereocenters. The van der Waals surface area contributed by atoms with E-state index in [1.54, 1.807) is 6.20 Å². The summed E-state index contributed by atoms with van der Waals surface area (Å²) in [5.41, 5.74) is 2.14. The average Bonchev–Trinajstić information content (AvgIpc) is 2.89. The van der Waals surface area contributed by atoms with Gasteiger partial charge in [-0.1, -0.05) is 0 Å². The Kier molecular flexibility index (Phi) is 4.12. The van der Waals surface area contributed by atoms with Crippen LogP contribution in [0, 0.1) is 6.92 Å². The van der Waals surface area contributed by atoms with E-state index in [4.69, 9.17) is 0 Å². The van der Waals surface area contributed by atoms with Crippen LogP contribution < -0.4 is 10.6 Å². The van der Waals surface area contributed by atoms with Crippen molar-refractivity contribution in [2.75, 3.05) is 39.3 Å². The molecule has 2 aromatic heterocycles. The Balaban J connectivity index is 1.57. The van der Waals surface area contributed by atoms with E-state index in [-0.39, 0.29) is 5.91 Å². The molecule has 0 unspecified atom stereocenters. The molecule has 2 aromatic rings. The Bertz CT molecular complexity index is 631. The maximum atomic E-state index is 12.2. The fourth-order valence-corrected chi connectivity index (χ4v) is 2.51. The molecule has 0 spiro atoms. The highest BCUT2D eigenvalue weighted by Crippen LogP contribution is 2.14. The second-order valence-electron chi connectivity index (χ2n) is 5.29. The van der Waals surface area contributed by atoms with Gasteiger partial charge in [-0.25, -0.2) is 4.98 Å². The molecule has 0 aliphatic carbocycles. The summed E-state index contributed by atoms with van der Waals surface area (Å²) in [6, 6.07) is 1.83. The lowest BCUT2D eigenvalue weighted by Crippen LogP contribution is -2.46. The zero-order chi connectivity index (χ0) is 14.7. The summed E-state index contributed by atoms with van der Waals surface area (Å²) in [7, 11) is 0. The van der Waals surface area contributed by atoms with Gasteiger partial charge in [-0.3, -0.25) is 14.8 Å². The smallest absolute Gasteiger partial charge is 0.252 e. The summed E-state index contributed by atoms with van der Waals surface area (Å²) < 4.78 is 0. The van der Waals surface area contributed by atoms with Crippen LogP contribution in [0.3, 0.4) is 0 Å². The van der Waals surface area contributed by atoms with E-state index in [1.807, 2.05) is 13.0 Å². The highest BCUT2D eigenvalue weighted by Gasteiger charge is 2.12. The SMILES string of the molecule is Cc1[nH]nc2ncc(C(=O)NCCN3CCNCC3)cc12. The van der Waals surface area contributed by atoms with E-state index in [1.165, 1.54) is 0 Å². The van der Waals surface area contributed by atoms with Crippen LogP contribution in [0.2, 0.25) is 0 Å². The van der Waals surface area contributed by atoms with E-state index in [0.717, 1.165) is 43.8 Å². The van der Waals surface area contributed by atoms with Crippen LogP contribution in [0.15, 0.2) is 12.3 Å². The standard InChI is InChI=1S/C14H20N6O/c1-10-12-8-11(9-17-13(12)19-18-10)14(21)16-4-7-20-5-2-15-3-6-20/h8-9,15H,2-7H2,1H3,(H,16,21)(H,17,18,19). The number of aromatic nitrogens is 3. The van der Waals surface area contributed by atoms with Crippen molar-refractivity contribution in [2.45, 2.75) is 6.92 Å². The maximum Gasteiger partial charge on any atom is 0.252 e. The molecule has 1 amide bonds. The molecule has 21 heavy (non-hydrogen) atoms. The van der Waals surface area contributed by atoms with Gasteiger partial charge in [0.1, 0.15) is 0 Å².